The summed E-state index contributed by atoms with van der Waals surface area (Å²) in [5.41, 5.74) is 2.16. The van der Waals surface area contributed by atoms with Crippen molar-refractivity contribution in [3.05, 3.63) is 114 Å². The summed E-state index contributed by atoms with van der Waals surface area (Å²) in [7, 11) is 0. The van der Waals surface area contributed by atoms with Crippen molar-refractivity contribution in [1.82, 2.24) is 0 Å². The lowest BCUT2D eigenvalue weighted by atomic mass is 10.1. The Hall–Kier alpha value is -5.04. The number of ether oxygens (including phenoxy) is 4. The molecule has 39 heavy (non-hydrogen) atoms. The van der Waals surface area contributed by atoms with Crippen LogP contribution < -0.4 is 23.8 Å². The highest BCUT2D eigenvalue weighted by Gasteiger charge is 2.29. The van der Waals surface area contributed by atoms with Crippen molar-refractivity contribution in [1.29, 1.82) is 0 Å². The summed E-state index contributed by atoms with van der Waals surface area (Å²) in [6.45, 7) is 4.58. The minimum absolute atomic E-state index is 0.104. The van der Waals surface area contributed by atoms with Gasteiger partial charge in [0.15, 0.2) is 17.3 Å². The number of nitrogens with zero attached hydrogens (tertiary/aromatic N) is 1. The molecule has 0 atom stereocenters. The first-order valence-electron chi connectivity index (χ1n) is 12.7. The van der Waals surface area contributed by atoms with Crippen molar-refractivity contribution in [2.75, 3.05) is 18.1 Å². The number of fused-ring (bicyclic) bond motifs is 1. The number of anilines is 2. The van der Waals surface area contributed by atoms with Crippen LogP contribution in [0.2, 0.25) is 0 Å². The van der Waals surface area contributed by atoms with E-state index in [-0.39, 0.29) is 17.3 Å². The second-order valence-corrected chi connectivity index (χ2v) is 8.51. The van der Waals surface area contributed by atoms with Crippen molar-refractivity contribution >= 4 is 29.3 Å². The van der Waals surface area contributed by atoms with Crippen LogP contribution in [0.3, 0.4) is 0 Å². The van der Waals surface area contributed by atoms with Gasteiger partial charge in [-0.25, -0.2) is 9.69 Å². The van der Waals surface area contributed by atoms with Crippen molar-refractivity contribution in [2.24, 2.45) is 0 Å². The van der Waals surface area contributed by atoms with Crippen molar-refractivity contribution in [3.63, 3.8) is 0 Å². The van der Waals surface area contributed by atoms with Crippen LogP contribution in [-0.4, -0.2) is 25.1 Å². The Bertz CT molecular complexity index is 1480. The fourth-order valence-corrected chi connectivity index (χ4v) is 4.24. The Morgan fingerprint density at radius 3 is 2.13 bits per heavy atom. The van der Waals surface area contributed by atoms with Gasteiger partial charge in [-0.3, -0.25) is 4.79 Å². The highest BCUT2D eigenvalue weighted by Crippen LogP contribution is 2.39. The summed E-state index contributed by atoms with van der Waals surface area (Å²) >= 11 is 0. The number of ketones is 1. The number of benzene rings is 4. The van der Waals surface area contributed by atoms with Gasteiger partial charge in [0, 0.05) is 11.6 Å². The fraction of sp³-hybridized carbons (Fsp3) is 0.125. The Balaban J connectivity index is 1.52. The molecular weight excluding hydrogens is 494 g/mol. The second kappa shape index (κ2) is 11.6. The first-order valence-corrected chi connectivity index (χ1v) is 12.7. The average Bonchev–Trinajstić information content (AvgIpc) is 3.26. The molecule has 0 saturated carbocycles. The van der Waals surface area contributed by atoms with Gasteiger partial charge >= 0.3 is 6.09 Å². The van der Waals surface area contributed by atoms with Gasteiger partial charge in [-0.15, -0.1) is 0 Å². The molecule has 0 radical (unpaired) electrons. The number of amides is 1. The zero-order chi connectivity index (χ0) is 27.2. The number of hydrogen-bond acceptors (Lipinski definition) is 6. The maximum atomic E-state index is 13.7. The lowest BCUT2D eigenvalue weighted by molar-refractivity contribution is 0.101. The predicted octanol–water partition coefficient (Wildman–Crippen LogP) is 7.44. The summed E-state index contributed by atoms with van der Waals surface area (Å²) in [5.74, 6) is 1.39. The van der Waals surface area contributed by atoms with E-state index in [9.17, 15) is 9.59 Å². The van der Waals surface area contributed by atoms with E-state index in [1.165, 1.54) is 4.90 Å². The average molecular weight is 522 g/mol. The summed E-state index contributed by atoms with van der Waals surface area (Å²) in [6, 6.07) is 28.7. The normalized spacial score (nSPS) is 13.0. The smallest absolute Gasteiger partial charge is 0.424 e. The van der Waals surface area contributed by atoms with E-state index in [1.54, 1.807) is 42.5 Å². The monoisotopic (exact) mass is 521 g/mol. The van der Waals surface area contributed by atoms with Gasteiger partial charge in [0.1, 0.15) is 11.5 Å². The third-order valence-corrected chi connectivity index (χ3v) is 5.95. The lowest BCUT2D eigenvalue weighted by Gasteiger charge is -2.23. The van der Waals surface area contributed by atoms with E-state index in [0.29, 0.717) is 53.0 Å². The topological polar surface area (TPSA) is 74.3 Å². The van der Waals surface area contributed by atoms with Gasteiger partial charge in [-0.2, -0.15) is 0 Å². The molecule has 1 aliphatic rings. The molecule has 0 aliphatic carbocycles. The van der Waals surface area contributed by atoms with Gasteiger partial charge in [-0.1, -0.05) is 48.5 Å². The molecule has 0 fully saturated rings. The maximum absolute atomic E-state index is 13.7. The van der Waals surface area contributed by atoms with Crippen LogP contribution in [0.4, 0.5) is 16.2 Å². The van der Waals surface area contributed by atoms with E-state index < -0.39 is 6.09 Å². The molecule has 1 heterocycles. The molecule has 4 aromatic carbocycles. The molecule has 4 aromatic rings. The molecular formula is C32H27NO6. The van der Waals surface area contributed by atoms with Gasteiger partial charge < -0.3 is 18.9 Å². The van der Waals surface area contributed by atoms with Crippen LogP contribution in [0.1, 0.15) is 29.8 Å². The molecule has 0 N–H and O–H groups in total. The molecule has 0 spiro atoms. The summed E-state index contributed by atoms with van der Waals surface area (Å²) < 4.78 is 23.2. The Labute approximate surface area is 226 Å². The molecule has 7 heteroatoms. The van der Waals surface area contributed by atoms with Crippen LogP contribution in [0.15, 0.2) is 103 Å². The fourth-order valence-electron chi connectivity index (χ4n) is 4.24. The van der Waals surface area contributed by atoms with Crippen LogP contribution >= 0.6 is 0 Å². The van der Waals surface area contributed by atoms with E-state index >= 15 is 0 Å². The number of Topliss-reactive ketones (excluding diaryl/α,β-unsaturated/α-hetero) is 1. The maximum Gasteiger partial charge on any atom is 0.424 e. The summed E-state index contributed by atoms with van der Waals surface area (Å²) in [4.78, 5) is 28.3. The van der Waals surface area contributed by atoms with Crippen LogP contribution in [0, 0.1) is 0 Å². The highest BCUT2D eigenvalue weighted by atomic mass is 16.6. The van der Waals surface area contributed by atoms with Crippen molar-refractivity contribution in [3.8, 4) is 23.0 Å². The SMILES string of the molecule is CCOc1ccc2c(c1)O/C(=C\c1cccc(OCC)c1OC(=O)N(c1ccccc1)c1ccccc1)C2=O. The molecule has 0 bridgehead atoms. The van der Waals surface area contributed by atoms with Gasteiger partial charge in [-0.05, 0) is 62.4 Å². The van der Waals surface area contributed by atoms with E-state index in [2.05, 4.69) is 0 Å². The molecule has 196 valence electrons. The van der Waals surface area contributed by atoms with E-state index in [0.717, 1.165) is 0 Å². The van der Waals surface area contributed by atoms with Gasteiger partial charge in [0.05, 0.1) is 30.2 Å². The first kappa shape index (κ1) is 25.6. The van der Waals surface area contributed by atoms with E-state index in [4.69, 9.17) is 18.9 Å². The van der Waals surface area contributed by atoms with Crippen LogP contribution in [0.5, 0.6) is 23.0 Å². The molecule has 0 aromatic heterocycles. The lowest BCUT2D eigenvalue weighted by Crippen LogP contribution is -2.29. The number of rotatable bonds is 8. The third kappa shape index (κ3) is 5.48. The Morgan fingerprint density at radius 1 is 0.821 bits per heavy atom. The summed E-state index contributed by atoms with van der Waals surface area (Å²) in [6.07, 6.45) is 0.922. The molecule has 5 rings (SSSR count). The Morgan fingerprint density at radius 2 is 1.49 bits per heavy atom. The molecule has 0 saturated heterocycles. The molecule has 1 amide bonds. The molecule has 1 aliphatic heterocycles. The minimum Gasteiger partial charge on any atom is -0.494 e. The predicted molar refractivity (Wildman–Crippen MR) is 149 cm³/mol. The van der Waals surface area contributed by atoms with Gasteiger partial charge in [0.25, 0.3) is 0 Å². The molecule has 0 unspecified atom stereocenters. The van der Waals surface area contributed by atoms with E-state index in [1.807, 2.05) is 74.5 Å². The van der Waals surface area contributed by atoms with Crippen LogP contribution in [0.25, 0.3) is 6.08 Å². The Kier molecular flexibility index (Phi) is 7.59. The number of hydrogen-bond donors (Lipinski definition) is 0. The zero-order valence-electron chi connectivity index (χ0n) is 21.6. The van der Waals surface area contributed by atoms with Gasteiger partial charge in [0.2, 0.25) is 5.78 Å². The van der Waals surface area contributed by atoms with Crippen molar-refractivity contribution in [2.45, 2.75) is 13.8 Å². The molecule has 7 nitrogen and oxygen atoms in total. The largest absolute Gasteiger partial charge is 0.494 e. The standard InChI is InChI=1S/C32H27NO6/c1-3-36-25-18-19-26-28(21-25)38-29(30(26)34)20-22-12-11-17-27(37-4-2)31(22)39-32(35)33(23-13-7-5-8-14-23)24-15-9-6-10-16-24/h5-21H,3-4H2,1-2H3/b29-20-. The second-order valence-electron chi connectivity index (χ2n) is 8.51. The quantitative estimate of drug-likeness (QED) is 0.224. The first-order chi connectivity index (χ1) is 19.1. The number of carbonyl (C=O) groups is 2. The third-order valence-electron chi connectivity index (χ3n) is 5.95. The zero-order valence-corrected chi connectivity index (χ0v) is 21.6. The number of carbonyl (C=O) groups excluding carboxylic acids is 2. The highest BCUT2D eigenvalue weighted by molar-refractivity contribution is 6.14. The summed E-state index contributed by atoms with van der Waals surface area (Å²) in [5, 5.41) is 0. The van der Waals surface area contributed by atoms with Crippen LogP contribution in [-0.2, 0) is 0 Å². The van der Waals surface area contributed by atoms with Crippen molar-refractivity contribution < 1.29 is 28.5 Å². The number of para-hydroxylation sites is 3. The minimum atomic E-state index is -0.637. The number of allylic oxidation sites excluding steroid dienone is 1.